The van der Waals surface area contributed by atoms with Gasteiger partial charge in [-0.1, -0.05) is 30.3 Å². The van der Waals surface area contributed by atoms with Gasteiger partial charge in [0.2, 0.25) is 5.82 Å². The maximum absolute atomic E-state index is 11.7. The second-order valence-electron chi connectivity index (χ2n) is 6.17. The fourth-order valence-electron chi connectivity index (χ4n) is 3.02. The van der Waals surface area contributed by atoms with Crippen LogP contribution >= 0.6 is 0 Å². The number of esters is 1. The largest absolute Gasteiger partial charge is 0.460 e. The van der Waals surface area contributed by atoms with Gasteiger partial charge in [-0.3, -0.25) is 4.90 Å². The summed E-state index contributed by atoms with van der Waals surface area (Å²) in [4.78, 5) is 22.4. The Morgan fingerprint density at radius 3 is 2.72 bits per heavy atom. The fourth-order valence-corrected chi connectivity index (χ4v) is 3.02. The van der Waals surface area contributed by atoms with Gasteiger partial charge in [-0.05, 0) is 31.4 Å². The lowest BCUT2D eigenvalue weighted by atomic mass is 10.0. The number of benzene rings is 1. The number of carbonyl (C=O) groups is 1. The Morgan fingerprint density at radius 2 is 2.00 bits per heavy atom. The van der Waals surface area contributed by atoms with Gasteiger partial charge in [-0.15, -0.1) is 0 Å². The van der Waals surface area contributed by atoms with Crippen molar-refractivity contribution in [2.75, 3.05) is 25.0 Å². The number of aromatic nitrogens is 2. The molecule has 25 heavy (non-hydrogen) atoms. The zero-order valence-corrected chi connectivity index (χ0v) is 14.5. The first-order valence-corrected chi connectivity index (χ1v) is 8.77. The van der Waals surface area contributed by atoms with Crippen molar-refractivity contribution in [2.45, 2.75) is 32.4 Å². The van der Waals surface area contributed by atoms with E-state index >= 15 is 0 Å². The van der Waals surface area contributed by atoms with Gasteiger partial charge in [0.05, 0.1) is 6.61 Å². The summed E-state index contributed by atoms with van der Waals surface area (Å²) < 4.78 is 4.95. The third-order valence-corrected chi connectivity index (χ3v) is 4.30. The van der Waals surface area contributed by atoms with Crippen molar-refractivity contribution in [3.05, 3.63) is 54.0 Å². The Hall–Kier alpha value is -2.47. The van der Waals surface area contributed by atoms with Gasteiger partial charge in [0, 0.05) is 31.9 Å². The molecule has 0 bridgehead atoms. The van der Waals surface area contributed by atoms with Crippen LogP contribution in [0.2, 0.25) is 0 Å². The molecular weight excluding hydrogens is 316 g/mol. The molecule has 132 valence electrons. The number of anilines is 1. The van der Waals surface area contributed by atoms with E-state index < -0.39 is 5.97 Å². The number of hydrogen-bond acceptors (Lipinski definition) is 6. The van der Waals surface area contributed by atoms with E-state index in [0.29, 0.717) is 18.5 Å². The van der Waals surface area contributed by atoms with E-state index in [9.17, 15) is 4.79 Å². The number of piperidine rings is 1. The third kappa shape index (κ3) is 5.00. The van der Waals surface area contributed by atoms with Crippen LogP contribution in [-0.4, -0.2) is 46.6 Å². The second kappa shape index (κ2) is 8.58. The van der Waals surface area contributed by atoms with Crippen molar-refractivity contribution in [3.63, 3.8) is 0 Å². The summed E-state index contributed by atoms with van der Waals surface area (Å²) in [7, 11) is 0. The topological polar surface area (TPSA) is 67.3 Å². The number of rotatable bonds is 6. The molecule has 0 unspecified atom stereocenters. The van der Waals surface area contributed by atoms with Gasteiger partial charge >= 0.3 is 5.97 Å². The molecule has 1 aromatic heterocycles. The highest BCUT2D eigenvalue weighted by Crippen LogP contribution is 2.17. The van der Waals surface area contributed by atoms with Gasteiger partial charge < -0.3 is 10.1 Å². The Morgan fingerprint density at radius 1 is 1.24 bits per heavy atom. The summed E-state index contributed by atoms with van der Waals surface area (Å²) in [5.74, 6) is 0.303. The molecule has 1 aliphatic rings. The molecule has 1 aromatic carbocycles. The highest BCUT2D eigenvalue weighted by Gasteiger charge is 2.20. The number of likely N-dealkylation sites (tertiary alicyclic amines) is 1. The Bertz CT molecular complexity index is 685. The lowest BCUT2D eigenvalue weighted by Gasteiger charge is -2.32. The van der Waals surface area contributed by atoms with Crippen molar-refractivity contribution < 1.29 is 9.53 Å². The van der Waals surface area contributed by atoms with Crippen molar-refractivity contribution in [1.29, 1.82) is 0 Å². The average Bonchev–Trinajstić information content (AvgIpc) is 2.65. The molecule has 3 rings (SSSR count). The van der Waals surface area contributed by atoms with Crippen LogP contribution in [0.4, 0.5) is 5.82 Å². The molecule has 6 nitrogen and oxygen atoms in total. The molecule has 6 heteroatoms. The van der Waals surface area contributed by atoms with Crippen molar-refractivity contribution in [1.82, 2.24) is 14.9 Å². The normalized spacial score (nSPS) is 15.7. The lowest BCUT2D eigenvalue weighted by molar-refractivity contribution is 0.0512. The summed E-state index contributed by atoms with van der Waals surface area (Å²) in [6, 6.07) is 12.7. The van der Waals surface area contributed by atoms with E-state index in [1.165, 1.54) is 5.56 Å². The van der Waals surface area contributed by atoms with E-state index in [1.807, 2.05) is 6.07 Å². The maximum Gasteiger partial charge on any atom is 0.376 e. The lowest BCUT2D eigenvalue weighted by Crippen LogP contribution is -2.38. The first kappa shape index (κ1) is 17.4. The minimum atomic E-state index is -0.483. The van der Waals surface area contributed by atoms with Crippen LogP contribution < -0.4 is 5.32 Å². The van der Waals surface area contributed by atoms with Crippen LogP contribution in [0.5, 0.6) is 0 Å². The Kier molecular flexibility index (Phi) is 5.95. The van der Waals surface area contributed by atoms with Crippen LogP contribution in [0.15, 0.2) is 42.6 Å². The molecule has 0 saturated carbocycles. The highest BCUT2D eigenvalue weighted by atomic mass is 16.5. The quantitative estimate of drug-likeness (QED) is 0.816. The third-order valence-electron chi connectivity index (χ3n) is 4.30. The predicted octanol–water partition coefficient (Wildman–Crippen LogP) is 2.73. The summed E-state index contributed by atoms with van der Waals surface area (Å²) >= 11 is 0. The molecule has 1 aliphatic heterocycles. The Balaban J connectivity index is 1.50. The molecule has 1 saturated heterocycles. The van der Waals surface area contributed by atoms with Crippen LogP contribution in [0.1, 0.15) is 35.9 Å². The van der Waals surface area contributed by atoms with E-state index in [-0.39, 0.29) is 5.82 Å². The van der Waals surface area contributed by atoms with E-state index in [1.54, 1.807) is 19.2 Å². The molecule has 0 amide bonds. The highest BCUT2D eigenvalue weighted by molar-refractivity contribution is 5.85. The standard InChI is InChI=1S/C19H24N4O2/c1-2-25-19(24)18-20-11-8-17(22-18)21-16-9-12-23(13-10-16)14-15-6-4-3-5-7-15/h3-8,11,16H,2,9-10,12-14H2,1H3,(H,20,21,22). The smallest absolute Gasteiger partial charge is 0.376 e. The molecule has 1 fully saturated rings. The number of nitrogens with one attached hydrogen (secondary N) is 1. The van der Waals surface area contributed by atoms with Crippen molar-refractivity contribution in [3.8, 4) is 0 Å². The van der Waals surface area contributed by atoms with Gasteiger partial charge in [0.25, 0.3) is 0 Å². The summed E-state index contributed by atoms with van der Waals surface area (Å²) in [6.07, 6.45) is 3.68. The molecule has 0 spiro atoms. The summed E-state index contributed by atoms with van der Waals surface area (Å²) in [5, 5.41) is 3.42. The number of carbonyl (C=O) groups excluding carboxylic acids is 1. The minimum absolute atomic E-state index is 0.105. The van der Waals surface area contributed by atoms with E-state index in [4.69, 9.17) is 4.74 Å². The van der Waals surface area contributed by atoms with Gasteiger partial charge in [0.1, 0.15) is 5.82 Å². The maximum atomic E-state index is 11.7. The fraction of sp³-hybridized carbons (Fsp3) is 0.421. The molecule has 2 heterocycles. The molecular formula is C19H24N4O2. The van der Waals surface area contributed by atoms with Crippen molar-refractivity contribution in [2.24, 2.45) is 0 Å². The predicted molar refractivity (Wildman–Crippen MR) is 96.4 cm³/mol. The zero-order valence-electron chi connectivity index (χ0n) is 14.5. The van der Waals surface area contributed by atoms with E-state index in [0.717, 1.165) is 32.5 Å². The van der Waals surface area contributed by atoms with Crippen molar-refractivity contribution >= 4 is 11.8 Å². The van der Waals surface area contributed by atoms with Gasteiger partial charge in [-0.2, -0.15) is 0 Å². The molecule has 0 aliphatic carbocycles. The molecule has 2 aromatic rings. The van der Waals surface area contributed by atoms with E-state index in [2.05, 4.69) is 44.5 Å². The van der Waals surface area contributed by atoms with Crippen LogP contribution in [0, 0.1) is 0 Å². The van der Waals surface area contributed by atoms with Crippen LogP contribution in [0.3, 0.4) is 0 Å². The van der Waals surface area contributed by atoms with Crippen LogP contribution in [-0.2, 0) is 11.3 Å². The number of hydrogen-bond donors (Lipinski definition) is 1. The first-order chi connectivity index (χ1) is 12.2. The van der Waals surface area contributed by atoms with Crippen LogP contribution in [0.25, 0.3) is 0 Å². The minimum Gasteiger partial charge on any atom is -0.460 e. The molecule has 0 radical (unpaired) electrons. The molecule has 0 atom stereocenters. The summed E-state index contributed by atoms with van der Waals surface area (Å²) in [6.45, 7) is 5.17. The monoisotopic (exact) mass is 340 g/mol. The Labute approximate surface area is 148 Å². The SMILES string of the molecule is CCOC(=O)c1nccc(NC2CCN(Cc3ccccc3)CC2)n1. The number of ether oxygens (including phenoxy) is 1. The molecule has 1 N–H and O–H groups in total. The second-order valence-corrected chi connectivity index (χ2v) is 6.17. The van der Waals surface area contributed by atoms with Gasteiger partial charge in [0.15, 0.2) is 0 Å². The van der Waals surface area contributed by atoms with Gasteiger partial charge in [-0.25, -0.2) is 14.8 Å². The summed E-state index contributed by atoms with van der Waals surface area (Å²) in [5.41, 5.74) is 1.35. The zero-order chi connectivity index (χ0) is 17.5. The average molecular weight is 340 g/mol. The number of nitrogens with zero attached hydrogens (tertiary/aromatic N) is 3. The first-order valence-electron chi connectivity index (χ1n) is 8.77.